The zero-order valence-corrected chi connectivity index (χ0v) is 19.1. The molecule has 0 aliphatic heterocycles. The molecule has 0 spiro atoms. The van der Waals surface area contributed by atoms with Gasteiger partial charge in [0.25, 0.3) is 10.1 Å². The third kappa shape index (κ3) is 5.08. The number of aryl methyl sites for hydroxylation is 2. The topological polar surface area (TPSA) is 157 Å². The van der Waals surface area contributed by atoms with Gasteiger partial charge >= 0.3 is 0 Å². The Bertz CT molecular complexity index is 1300. The number of anilines is 1. The van der Waals surface area contributed by atoms with Crippen LogP contribution in [-0.2, 0) is 26.5 Å². The van der Waals surface area contributed by atoms with E-state index < -0.39 is 20.0 Å². The van der Waals surface area contributed by atoms with Crippen molar-refractivity contribution in [3.8, 4) is 0 Å². The number of nitrogens with two attached hydrogens (primary N) is 1. The van der Waals surface area contributed by atoms with Gasteiger partial charge in [-0.05, 0) is 32.0 Å². The molecule has 0 aliphatic carbocycles. The maximum atomic E-state index is 13.2. The summed E-state index contributed by atoms with van der Waals surface area (Å²) in [6, 6.07) is 6.12. The van der Waals surface area contributed by atoms with Crippen molar-refractivity contribution in [2.45, 2.75) is 30.2 Å². The van der Waals surface area contributed by atoms with Crippen LogP contribution < -0.4 is 11.1 Å². The summed E-state index contributed by atoms with van der Waals surface area (Å²) in [4.78, 5) is 4.57. The molecule has 0 atom stereocenters. The van der Waals surface area contributed by atoms with Crippen LogP contribution >= 0.6 is 11.6 Å². The fourth-order valence-electron chi connectivity index (χ4n) is 2.80. The van der Waals surface area contributed by atoms with Crippen molar-refractivity contribution < 1.29 is 21.4 Å². The quantitative estimate of drug-likeness (QED) is 0.478. The zero-order valence-electron chi connectivity index (χ0n) is 16.7. The molecular formula is C17H22ClN5O5S2. The van der Waals surface area contributed by atoms with Gasteiger partial charge in [-0.1, -0.05) is 17.7 Å². The molecule has 0 unspecified atom stereocenters. The number of nitrogens with zero attached hydrogens (tertiary/aromatic N) is 3. The fraction of sp³-hybridized carbons (Fsp3) is 0.294. The second-order valence-electron chi connectivity index (χ2n) is 6.32. The van der Waals surface area contributed by atoms with Crippen LogP contribution in [0.25, 0.3) is 5.65 Å². The summed E-state index contributed by atoms with van der Waals surface area (Å²) < 4.78 is 53.8. The molecule has 164 valence electrons. The Morgan fingerprint density at radius 1 is 1.23 bits per heavy atom. The minimum Gasteiger partial charge on any atom is -0.370 e. The van der Waals surface area contributed by atoms with Crippen LogP contribution in [-0.4, -0.2) is 49.3 Å². The van der Waals surface area contributed by atoms with E-state index in [0.29, 0.717) is 23.5 Å². The molecule has 0 fully saturated rings. The minimum absolute atomic E-state index is 0.0204. The van der Waals surface area contributed by atoms with E-state index in [4.69, 9.17) is 21.9 Å². The number of benzene rings is 1. The van der Waals surface area contributed by atoms with Gasteiger partial charge < -0.3 is 11.1 Å². The lowest BCUT2D eigenvalue weighted by Crippen LogP contribution is -2.10. The molecule has 0 amide bonds. The largest absolute Gasteiger partial charge is 0.370 e. The Labute approximate surface area is 179 Å². The molecule has 0 radical (unpaired) electrons. The number of halogens is 1. The lowest BCUT2D eigenvalue weighted by molar-refractivity contribution is 0.490. The standard InChI is InChI=1S/C16H18ClN5O2S.CH4O3S/c1-9-13(8-18)10(2)22-16(20-9)14(15(19-3)21-22)25(23,24)12-6-4-5-11(17)7-12;1-5(2,3)4/h4-7H,8,18H2,1-3H3,(H,19,21);1H3,(H,2,3,4). The molecule has 1 aromatic carbocycles. The van der Waals surface area contributed by atoms with Crippen molar-refractivity contribution in [3.63, 3.8) is 0 Å². The molecular weight excluding hydrogens is 454 g/mol. The monoisotopic (exact) mass is 475 g/mol. The van der Waals surface area contributed by atoms with E-state index in [9.17, 15) is 16.8 Å². The van der Waals surface area contributed by atoms with Crippen molar-refractivity contribution in [1.82, 2.24) is 14.6 Å². The Kier molecular flexibility index (Phi) is 7.09. The normalized spacial score (nSPS) is 11.8. The van der Waals surface area contributed by atoms with Crippen molar-refractivity contribution in [1.29, 1.82) is 0 Å². The molecule has 3 rings (SSSR count). The van der Waals surface area contributed by atoms with E-state index in [-0.39, 0.29) is 21.3 Å². The molecule has 0 bridgehead atoms. The van der Waals surface area contributed by atoms with Gasteiger partial charge in [-0.2, -0.15) is 8.42 Å². The van der Waals surface area contributed by atoms with Crippen LogP contribution in [0, 0.1) is 13.8 Å². The van der Waals surface area contributed by atoms with Crippen LogP contribution in [0.2, 0.25) is 5.02 Å². The fourth-order valence-corrected chi connectivity index (χ4v) is 4.60. The number of hydrogen-bond acceptors (Lipinski definition) is 8. The second-order valence-corrected chi connectivity index (χ2v) is 10.1. The first-order chi connectivity index (χ1) is 13.8. The van der Waals surface area contributed by atoms with Crippen LogP contribution in [0.15, 0.2) is 34.1 Å². The van der Waals surface area contributed by atoms with Gasteiger partial charge in [-0.25, -0.2) is 17.9 Å². The van der Waals surface area contributed by atoms with Crippen molar-refractivity contribution in [3.05, 3.63) is 46.2 Å². The lowest BCUT2D eigenvalue weighted by atomic mass is 10.2. The van der Waals surface area contributed by atoms with Gasteiger partial charge in [-0.3, -0.25) is 4.55 Å². The highest BCUT2D eigenvalue weighted by Crippen LogP contribution is 2.32. The van der Waals surface area contributed by atoms with Crippen LogP contribution in [0.3, 0.4) is 0 Å². The first-order valence-electron chi connectivity index (χ1n) is 8.51. The molecule has 0 saturated carbocycles. The summed E-state index contributed by atoms with van der Waals surface area (Å²) in [7, 11) is -5.92. The van der Waals surface area contributed by atoms with Gasteiger partial charge in [-0.15, -0.1) is 5.10 Å². The Morgan fingerprint density at radius 2 is 1.83 bits per heavy atom. The highest BCUT2D eigenvalue weighted by atomic mass is 35.5. The van der Waals surface area contributed by atoms with E-state index in [2.05, 4.69) is 15.4 Å². The maximum Gasteiger partial charge on any atom is 0.261 e. The molecule has 3 aromatic rings. The minimum atomic E-state index is -3.86. The Hall–Kier alpha value is -2.25. The maximum absolute atomic E-state index is 13.2. The first kappa shape index (κ1) is 24.0. The zero-order chi connectivity index (χ0) is 22.9. The van der Waals surface area contributed by atoms with E-state index in [1.807, 2.05) is 6.92 Å². The van der Waals surface area contributed by atoms with Crippen molar-refractivity contribution >= 4 is 43.0 Å². The summed E-state index contributed by atoms with van der Waals surface area (Å²) in [5, 5.41) is 7.56. The summed E-state index contributed by atoms with van der Waals surface area (Å²) in [6.07, 6.45) is 0.715. The summed E-state index contributed by atoms with van der Waals surface area (Å²) in [5.74, 6) is 0.226. The predicted molar refractivity (Wildman–Crippen MR) is 114 cm³/mol. The summed E-state index contributed by atoms with van der Waals surface area (Å²) in [6.45, 7) is 3.94. The van der Waals surface area contributed by atoms with Gasteiger partial charge in [0.05, 0.1) is 11.2 Å². The van der Waals surface area contributed by atoms with Crippen molar-refractivity contribution in [2.75, 3.05) is 18.6 Å². The summed E-state index contributed by atoms with van der Waals surface area (Å²) >= 11 is 5.96. The Morgan fingerprint density at radius 3 is 2.33 bits per heavy atom. The van der Waals surface area contributed by atoms with Gasteiger partial charge in [0.1, 0.15) is 0 Å². The molecule has 2 heterocycles. The van der Waals surface area contributed by atoms with Crippen LogP contribution in [0.1, 0.15) is 17.0 Å². The third-order valence-corrected chi connectivity index (χ3v) is 6.12. The third-order valence-electron chi connectivity index (χ3n) is 4.10. The Balaban J connectivity index is 0.000000575. The molecule has 13 heteroatoms. The van der Waals surface area contributed by atoms with Crippen molar-refractivity contribution in [2.24, 2.45) is 5.73 Å². The molecule has 30 heavy (non-hydrogen) atoms. The number of sulfone groups is 1. The molecule has 0 saturated heterocycles. The number of rotatable bonds is 4. The number of hydrogen-bond donors (Lipinski definition) is 3. The van der Waals surface area contributed by atoms with Gasteiger partial charge in [0, 0.05) is 35.6 Å². The van der Waals surface area contributed by atoms with E-state index in [0.717, 1.165) is 11.3 Å². The SMILES string of the molecule is CNc1nn2c(C)c(CN)c(C)nc2c1S(=O)(=O)c1cccc(Cl)c1.CS(=O)(=O)O. The number of aromatic nitrogens is 3. The number of nitrogens with one attached hydrogen (secondary N) is 1. The lowest BCUT2D eigenvalue weighted by Gasteiger charge is -2.09. The molecule has 0 aliphatic rings. The van der Waals surface area contributed by atoms with Crippen LogP contribution in [0.4, 0.5) is 5.82 Å². The second kappa shape index (κ2) is 8.86. The van der Waals surface area contributed by atoms with Gasteiger partial charge in [0.15, 0.2) is 16.4 Å². The van der Waals surface area contributed by atoms with Gasteiger partial charge in [0.2, 0.25) is 9.84 Å². The van der Waals surface area contributed by atoms with E-state index in [1.165, 1.54) is 16.6 Å². The highest BCUT2D eigenvalue weighted by molar-refractivity contribution is 7.91. The molecule has 10 nitrogen and oxygen atoms in total. The first-order valence-corrected chi connectivity index (χ1v) is 12.2. The van der Waals surface area contributed by atoms with Crippen LogP contribution in [0.5, 0.6) is 0 Å². The number of fused-ring (bicyclic) bond motifs is 1. The average molecular weight is 476 g/mol. The molecule has 4 N–H and O–H groups in total. The average Bonchev–Trinajstić information content (AvgIpc) is 3.00. The van der Waals surface area contributed by atoms with E-state index in [1.54, 1.807) is 26.1 Å². The van der Waals surface area contributed by atoms with E-state index >= 15 is 0 Å². The molecule has 2 aromatic heterocycles. The predicted octanol–water partition coefficient (Wildman–Crippen LogP) is 1.84. The highest BCUT2D eigenvalue weighted by Gasteiger charge is 2.29. The summed E-state index contributed by atoms with van der Waals surface area (Å²) in [5.41, 5.74) is 8.32. The smallest absolute Gasteiger partial charge is 0.261 e.